The average Bonchev–Trinajstić information content (AvgIpc) is 3.27. The molecule has 4 aromatic rings. The van der Waals surface area contributed by atoms with Crippen LogP contribution in [-0.2, 0) is 6.54 Å². The highest BCUT2D eigenvalue weighted by molar-refractivity contribution is 6.31. The predicted molar refractivity (Wildman–Crippen MR) is 137 cm³/mol. The molecular formula is C27H24Cl2N4. The first-order chi connectivity index (χ1) is 16.1. The lowest BCUT2D eigenvalue weighted by molar-refractivity contribution is 0.328. The summed E-state index contributed by atoms with van der Waals surface area (Å²) in [7, 11) is 0. The van der Waals surface area contributed by atoms with Crippen LogP contribution in [0.3, 0.4) is 0 Å². The summed E-state index contributed by atoms with van der Waals surface area (Å²) in [6.45, 7) is 3.01. The summed E-state index contributed by atoms with van der Waals surface area (Å²) < 4.78 is 0. The van der Waals surface area contributed by atoms with Crippen molar-refractivity contribution in [2.75, 3.05) is 18.4 Å². The molecule has 0 saturated carbocycles. The van der Waals surface area contributed by atoms with Crippen molar-refractivity contribution in [2.24, 2.45) is 0 Å². The molecule has 1 atom stereocenters. The van der Waals surface area contributed by atoms with Crippen LogP contribution in [0.25, 0.3) is 22.5 Å². The second kappa shape index (κ2) is 9.92. The van der Waals surface area contributed by atoms with Gasteiger partial charge in [0, 0.05) is 46.8 Å². The van der Waals surface area contributed by atoms with Crippen LogP contribution in [0.5, 0.6) is 0 Å². The summed E-state index contributed by atoms with van der Waals surface area (Å²) in [6.07, 6.45) is 2.90. The molecule has 6 heteroatoms. The second-order valence-electron chi connectivity index (χ2n) is 8.32. The van der Waals surface area contributed by atoms with Crippen LogP contribution in [0.15, 0.2) is 85.1 Å². The van der Waals surface area contributed by atoms with Gasteiger partial charge in [0.2, 0.25) is 0 Å². The number of hydrogen-bond donors (Lipinski definition) is 1. The van der Waals surface area contributed by atoms with E-state index in [1.807, 2.05) is 54.7 Å². The summed E-state index contributed by atoms with van der Waals surface area (Å²) in [6, 6.07) is 26.3. The Labute approximate surface area is 204 Å². The molecule has 0 amide bonds. The van der Waals surface area contributed by atoms with E-state index in [0.29, 0.717) is 16.1 Å². The van der Waals surface area contributed by atoms with Gasteiger partial charge in [-0.25, -0.2) is 4.98 Å². The van der Waals surface area contributed by atoms with Crippen LogP contribution in [0.2, 0.25) is 10.0 Å². The van der Waals surface area contributed by atoms with E-state index >= 15 is 0 Å². The molecule has 1 N–H and O–H groups in total. The molecular weight excluding hydrogens is 451 g/mol. The minimum atomic E-state index is 0.336. The molecule has 1 saturated heterocycles. The molecule has 0 bridgehead atoms. The first kappa shape index (κ1) is 21.9. The minimum Gasteiger partial charge on any atom is -0.365 e. The van der Waals surface area contributed by atoms with Crippen molar-refractivity contribution < 1.29 is 0 Å². The van der Waals surface area contributed by atoms with Gasteiger partial charge in [0.15, 0.2) is 0 Å². The summed E-state index contributed by atoms with van der Waals surface area (Å²) in [4.78, 5) is 12.2. The number of rotatable bonds is 6. The largest absolute Gasteiger partial charge is 0.365 e. The number of anilines is 1. The zero-order chi connectivity index (χ0) is 22.6. The van der Waals surface area contributed by atoms with Gasteiger partial charge in [0.1, 0.15) is 5.82 Å². The molecule has 0 unspecified atom stereocenters. The van der Waals surface area contributed by atoms with Crippen molar-refractivity contribution in [3.63, 3.8) is 0 Å². The third kappa shape index (κ3) is 5.36. The van der Waals surface area contributed by atoms with E-state index in [1.54, 1.807) is 0 Å². The smallest absolute Gasteiger partial charge is 0.145 e. The number of nitrogens with one attached hydrogen (secondary N) is 1. The molecule has 4 nitrogen and oxygen atoms in total. The fraction of sp³-hybridized carbons (Fsp3) is 0.185. The monoisotopic (exact) mass is 474 g/mol. The van der Waals surface area contributed by atoms with Crippen LogP contribution in [0.4, 0.5) is 5.82 Å². The Morgan fingerprint density at radius 1 is 0.818 bits per heavy atom. The van der Waals surface area contributed by atoms with E-state index < -0.39 is 0 Å². The molecule has 1 fully saturated rings. The number of likely N-dealkylation sites (tertiary alicyclic amines) is 1. The van der Waals surface area contributed by atoms with Gasteiger partial charge in [-0.2, -0.15) is 0 Å². The van der Waals surface area contributed by atoms with Crippen molar-refractivity contribution in [2.45, 2.75) is 19.0 Å². The number of benzene rings is 3. The highest BCUT2D eigenvalue weighted by Crippen LogP contribution is 2.31. The zero-order valence-corrected chi connectivity index (χ0v) is 19.6. The first-order valence-electron chi connectivity index (χ1n) is 11.1. The fourth-order valence-electron chi connectivity index (χ4n) is 4.23. The third-order valence-electron chi connectivity index (χ3n) is 5.88. The third-order valence-corrected chi connectivity index (χ3v) is 6.39. The Bertz CT molecular complexity index is 1210. The normalized spacial score (nSPS) is 16.1. The lowest BCUT2D eigenvalue weighted by atomic mass is 10.0. The topological polar surface area (TPSA) is 41.1 Å². The van der Waals surface area contributed by atoms with Gasteiger partial charge in [-0.05, 0) is 36.2 Å². The van der Waals surface area contributed by atoms with Crippen molar-refractivity contribution in [1.29, 1.82) is 0 Å². The Balaban J connectivity index is 1.38. The van der Waals surface area contributed by atoms with E-state index in [2.05, 4.69) is 40.5 Å². The van der Waals surface area contributed by atoms with Gasteiger partial charge in [-0.15, -0.1) is 0 Å². The van der Waals surface area contributed by atoms with E-state index in [9.17, 15) is 0 Å². The Morgan fingerprint density at radius 3 is 2.12 bits per heavy atom. The van der Waals surface area contributed by atoms with Gasteiger partial charge in [-0.1, -0.05) is 77.8 Å². The number of halogens is 2. The summed E-state index contributed by atoms with van der Waals surface area (Å²) in [5.41, 5.74) is 4.92. The quantitative estimate of drug-likeness (QED) is 0.333. The molecule has 33 heavy (non-hydrogen) atoms. The lowest BCUT2D eigenvalue weighted by Gasteiger charge is -2.18. The predicted octanol–water partition coefficient (Wildman–Crippen LogP) is 6.80. The van der Waals surface area contributed by atoms with Crippen LogP contribution in [0, 0.1) is 0 Å². The molecule has 1 aliphatic rings. The number of aromatic nitrogens is 2. The van der Waals surface area contributed by atoms with Gasteiger partial charge in [-0.3, -0.25) is 9.88 Å². The molecule has 5 rings (SSSR count). The molecule has 0 spiro atoms. The fourth-order valence-corrected chi connectivity index (χ4v) is 4.48. The summed E-state index contributed by atoms with van der Waals surface area (Å²) in [5, 5.41) is 4.99. The van der Waals surface area contributed by atoms with Crippen molar-refractivity contribution in [3.05, 3.63) is 101 Å². The summed E-state index contributed by atoms with van der Waals surface area (Å²) >= 11 is 12.2. The minimum absolute atomic E-state index is 0.336. The van der Waals surface area contributed by atoms with Crippen molar-refractivity contribution in [3.8, 4) is 22.5 Å². The van der Waals surface area contributed by atoms with E-state index in [1.165, 1.54) is 5.56 Å². The zero-order valence-electron chi connectivity index (χ0n) is 18.1. The SMILES string of the molecule is Clc1ccc(-c2ncc(N[C@H]3CCN(Cc4ccccc4)C3)nc2-c2ccc(Cl)cc2)cc1. The highest BCUT2D eigenvalue weighted by atomic mass is 35.5. The van der Waals surface area contributed by atoms with Crippen LogP contribution in [0.1, 0.15) is 12.0 Å². The van der Waals surface area contributed by atoms with Crippen LogP contribution >= 0.6 is 23.2 Å². The first-order valence-corrected chi connectivity index (χ1v) is 11.8. The maximum absolute atomic E-state index is 6.12. The molecule has 0 radical (unpaired) electrons. The number of hydrogen-bond acceptors (Lipinski definition) is 4. The second-order valence-corrected chi connectivity index (χ2v) is 9.19. The van der Waals surface area contributed by atoms with Crippen molar-refractivity contribution >= 4 is 29.0 Å². The molecule has 2 heterocycles. The number of nitrogens with zero attached hydrogens (tertiary/aromatic N) is 3. The average molecular weight is 475 g/mol. The van der Waals surface area contributed by atoms with Crippen molar-refractivity contribution in [1.82, 2.24) is 14.9 Å². The molecule has 1 aliphatic heterocycles. The van der Waals surface area contributed by atoms with Gasteiger partial charge < -0.3 is 5.32 Å². The van der Waals surface area contributed by atoms with E-state index in [4.69, 9.17) is 33.2 Å². The summed E-state index contributed by atoms with van der Waals surface area (Å²) in [5.74, 6) is 0.782. The van der Waals surface area contributed by atoms with E-state index in [0.717, 1.165) is 54.4 Å². The molecule has 3 aromatic carbocycles. The van der Waals surface area contributed by atoms with Gasteiger partial charge >= 0.3 is 0 Å². The molecule has 1 aromatic heterocycles. The van der Waals surface area contributed by atoms with Crippen LogP contribution < -0.4 is 5.32 Å². The highest BCUT2D eigenvalue weighted by Gasteiger charge is 2.23. The maximum atomic E-state index is 6.12. The standard InChI is InChI=1S/C27H24Cl2N4/c28-22-10-6-20(7-11-22)26-27(21-8-12-23(29)13-9-21)32-25(16-30-26)31-24-14-15-33(18-24)17-19-4-2-1-3-5-19/h1-13,16,24H,14-15,17-18H2,(H,31,32)/t24-/m0/s1. The molecule has 0 aliphatic carbocycles. The van der Waals surface area contributed by atoms with Gasteiger partial charge in [0.25, 0.3) is 0 Å². The Morgan fingerprint density at radius 2 is 1.45 bits per heavy atom. The lowest BCUT2D eigenvalue weighted by Crippen LogP contribution is -2.26. The Hall–Kier alpha value is -2.92. The van der Waals surface area contributed by atoms with Crippen LogP contribution in [-0.4, -0.2) is 34.0 Å². The van der Waals surface area contributed by atoms with Gasteiger partial charge in [0.05, 0.1) is 17.6 Å². The Kier molecular flexibility index (Phi) is 6.58. The molecule has 166 valence electrons. The van der Waals surface area contributed by atoms with E-state index in [-0.39, 0.29) is 0 Å². The maximum Gasteiger partial charge on any atom is 0.145 e.